The molecule has 1 aromatic carbocycles. The Bertz CT molecular complexity index is 893. The second-order valence-corrected chi connectivity index (χ2v) is 6.76. The Kier molecular flexibility index (Phi) is 6.06. The van der Waals surface area contributed by atoms with E-state index < -0.39 is 0 Å². The zero-order chi connectivity index (χ0) is 19.2. The van der Waals surface area contributed by atoms with Gasteiger partial charge >= 0.3 is 0 Å². The van der Waals surface area contributed by atoms with E-state index in [1.165, 1.54) is 5.56 Å². The molecule has 0 unspecified atom stereocenters. The summed E-state index contributed by atoms with van der Waals surface area (Å²) in [5, 5.41) is 7.27. The number of nitrogens with zero attached hydrogens (tertiary/aromatic N) is 3. The fraction of sp³-hybridized carbons (Fsp3) is 0.381. The molecule has 0 aliphatic rings. The van der Waals surface area contributed by atoms with Gasteiger partial charge in [0.05, 0.1) is 0 Å². The summed E-state index contributed by atoms with van der Waals surface area (Å²) >= 11 is 0. The van der Waals surface area contributed by atoms with Crippen molar-refractivity contribution in [2.24, 2.45) is 0 Å². The molecule has 0 spiro atoms. The largest absolute Gasteiger partial charge is 0.461 e. The van der Waals surface area contributed by atoms with Gasteiger partial charge in [0.25, 0.3) is 0 Å². The highest BCUT2D eigenvalue weighted by Crippen LogP contribution is 2.23. The summed E-state index contributed by atoms with van der Waals surface area (Å²) in [5.41, 5.74) is 2.27. The van der Waals surface area contributed by atoms with Crippen LogP contribution in [0.5, 0.6) is 0 Å². The molecule has 1 N–H and O–H groups in total. The van der Waals surface area contributed by atoms with Crippen molar-refractivity contribution in [1.29, 1.82) is 0 Å². The number of carbonyl (C=O) groups excluding carboxylic acids is 1. The first kappa shape index (κ1) is 18.9. The quantitative estimate of drug-likeness (QED) is 0.618. The third-order valence-electron chi connectivity index (χ3n) is 4.43. The Morgan fingerprint density at radius 3 is 2.59 bits per heavy atom. The minimum Gasteiger partial charge on any atom is -0.461 e. The number of aryl methyl sites for hydroxylation is 5. The van der Waals surface area contributed by atoms with Crippen LogP contribution in [0.25, 0.3) is 11.3 Å². The highest BCUT2D eigenvalue weighted by Gasteiger charge is 2.08. The average Bonchev–Trinajstić information content (AvgIpc) is 3.24. The molecule has 0 aliphatic heterocycles. The molecular weight excluding hydrogens is 340 g/mol. The Morgan fingerprint density at radius 2 is 1.89 bits per heavy atom. The number of amides is 1. The zero-order valence-corrected chi connectivity index (χ0v) is 16.2. The molecule has 2 heterocycles. The number of rotatable bonds is 8. The summed E-state index contributed by atoms with van der Waals surface area (Å²) in [4.78, 5) is 16.3. The van der Waals surface area contributed by atoms with Crippen LogP contribution in [0.4, 0.5) is 0 Å². The molecule has 3 aromatic rings. The molecule has 0 fully saturated rings. The van der Waals surface area contributed by atoms with Gasteiger partial charge in [0.2, 0.25) is 5.91 Å². The van der Waals surface area contributed by atoms with Gasteiger partial charge < -0.3 is 9.73 Å². The Hall–Kier alpha value is -2.89. The lowest BCUT2D eigenvalue weighted by Gasteiger charge is -2.05. The lowest BCUT2D eigenvalue weighted by molar-refractivity contribution is -0.121. The summed E-state index contributed by atoms with van der Waals surface area (Å²) in [6, 6.07) is 12.1. The topological polar surface area (TPSA) is 73.0 Å². The molecule has 6 heteroatoms. The van der Waals surface area contributed by atoms with Crippen LogP contribution in [0.3, 0.4) is 0 Å². The van der Waals surface area contributed by atoms with E-state index in [9.17, 15) is 4.79 Å². The van der Waals surface area contributed by atoms with Gasteiger partial charge in [0, 0.05) is 31.5 Å². The zero-order valence-electron chi connectivity index (χ0n) is 16.2. The van der Waals surface area contributed by atoms with Crippen molar-refractivity contribution >= 4 is 5.91 Å². The molecule has 2 aromatic heterocycles. The summed E-state index contributed by atoms with van der Waals surface area (Å²) in [6.45, 7) is 7.26. The van der Waals surface area contributed by atoms with Gasteiger partial charge in [-0.25, -0.2) is 4.98 Å². The standard InChI is InChI=1S/C21H26N4O2/c1-15-5-7-18(8-6-15)20-11-9-19(27-20)10-12-21(26)22-13-4-14-25-17(3)23-16(2)24-25/h5-9,11H,4,10,12-14H2,1-3H3,(H,22,26). The number of aromatic nitrogens is 3. The first-order chi connectivity index (χ1) is 13.0. The SMILES string of the molecule is Cc1ccc(-c2ccc(CCC(=O)NCCCn3nc(C)nc3C)o2)cc1. The number of furan rings is 1. The van der Waals surface area contributed by atoms with E-state index >= 15 is 0 Å². The average molecular weight is 366 g/mol. The van der Waals surface area contributed by atoms with Crippen molar-refractivity contribution in [3.63, 3.8) is 0 Å². The third-order valence-corrected chi connectivity index (χ3v) is 4.43. The van der Waals surface area contributed by atoms with Gasteiger partial charge in [0.15, 0.2) is 0 Å². The predicted molar refractivity (Wildman–Crippen MR) is 104 cm³/mol. The molecule has 3 rings (SSSR count). The summed E-state index contributed by atoms with van der Waals surface area (Å²) in [7, 11) is 0. The molecule has 1 amide bonds. The van der Waals surface area contributed by atoms with Crippen molar-refractivity contribution in [2.75, 3.05) is 6.54 Å². The number of hydrogen-bond donors (Lipinski definition) is 1. The summed E-state index contributed by atoms with van der Waals surface area (Å²) in [5.74, 6) is 3.38. The predicted octanol–water partition coefficient (Wildman–Crippen LogP) is 3.60. The van der Waals surface area contributed by atoms with Gasteiger partial charge in [0.1, 0.15) is 23.2 Å². The van der Waals surface area contributed by atoms with E-state index in [1.807, 2.05) is 42.8 Å². The van der Waals surface area contributed by atoms with Crippen LogP contribution < -0.4 is 5.32 Å². The normalized spacial score (nSPS) is 10.9. The van der Waals surface area contributed by atoms with Crippen molar-refractivity contribution in [2.45, 2.75) is 46.6 Å². The van der Waals surface area contributed by atoms with Crippen LogP contribution in [0.1, 0.15) is 35.8 Å². The van der Waals surface area contributed by atoms with E-state index in [0.717, 1.165) is 41.7 Å². The molecule has 6 nitrogen and oxygen atoms in total. The van der Waals surface area contributed by atoms with Gasteiger partial charge in [-0.3, -0.25) is 9.48 Å². The molecule has 0 atom stereocenters. The Balaban J connectivity index is 1.39. The first-order valence-electron chi connectivity index (χ1n) is 9.32. The lowest BCUT2D eigenvalue weighted by Crippen LogP contribution is -2.25. The first-order valence-corrected chi connectivity index (χ1v) is 9.32. The second-order valence-electron chi connectivity index (χ2n) is 6.76. The van der Waals surface area contributed by atoms with Gasteiger partial charge in [-0.15, -0.1) is 0 Å². The van der Waals surface area contributed by atoms with Crippen molar-refractivity contribution in [1.82, 2.24) is 20.1 Å². The van der Waals surface area contributed by atoms with E-state index in [-0.39, 0.29) is 5.91 Å². The van der Waals surface area contributed by atoms with Gasteiger partial charge in [-0.05, 0) is 39.3 Å². The Morgan fingerprint density at radius 1 is 1.11 bits per heavy atom. The third kappa shape index (κ3) is 5.29. The van der Waals surface area contributed by atoms with Crippen LogP contribution in [-0.4, -0.2) is 27.2 Å². The van der Waals surface area contributed by atoms with Crippen LogP contribution in [-0.2, 0) is 17.8 Å². The highest BCUT2D eigenvalue weighted by atomic mass is 16.3. The number of benzene rings is 1. The molecule has 0 saturated carbocycles. The minimum atomic E-state index is 0.0368. The van der Waals surface area contributed by atoms with E-state index in [4.69, 9.17) is 4.42 Å². The van der Waals surface area contributed by atoms with Crippen LogP contribution in [0.15, 0.2) is 40.8 Å². The molecule has 142 valence electrons. The molecule has 0 saturated heterocycles. The smallest absolute Gasteiger partial charge is 0.220 e. The number of carbonyl (C=O) groups is 1. The molecular formula is C21H26N4O2. The van der Waals surface area contributed by atoms with Crippen LogP contribution in [0, 0.1) is 20.8 Å². The monoisotopic (exact) mass is 366 g/mol. The highest BCUT2D eigenvalue weighted by molar-refractivity contribution is 5.76. The molecule has 0 bridgehead atoms. The minimum absolute atomic E-state index is 0.0368. The maximum Gasteiger partial charge on any atom is 0.220 e. The fourth-order valence-electron chi connectivity index (χ4n) is 2.94. The van der Waals surface area contributed by atoms with E-state index in [0.29, 0.717) is 19.4 Å². The lowest BCUT2D eigenvalue weighted by atomic mass is 10.1. The number of nitrogens with one attached hydrogen (secondary N) is 1. The van der Waals surface area contributed by atoms with E-state index in [2.05, 4.69) is 34.5 Å². The number of hydrogen-bond acceptors (Lipinski definition) is 4. The molecule has 0 radical (unpaired) electrons. The van der Waals surface area contributed by atoms with Crippen molar-refractivity contribution in [3.05, 3.63) is 59.4 Å². The van der Waals surface area contributed by atoms with E-state index in [1.54, 1.807) is 0 Å². The van der Waals surface area contributed by atoms with Crippen molar-refractivity contribution < 1.29 is 9.21 Å². The fourth-order valence-corrected chi connectivity index (χ4v) is 2.94. The van der Waals surface area contributed by atoms with Gasteiger partial charge in [-0.2, -0.15) is 5.10 Å². The van der Waals surface area contributed by atoms with Crippen LogP contribution in [0.2, 0.25) is 0 Å². The summed E-state index contributed by atoms with van der Waals surface area (Å²) < 4.78 is 7.73. The Labute approximate surface area is 159 Å². The van der Waals surface area contributed by atoms with Gasteiger partial charge in [-0.1, -0.05) is 29.8 Å². The maximum atomic E-state index is 12.0. The van der Waals surface area contributed by atoms with Crippen molar-refractivity contribution in [3.8, 4) is 11.3 Å². The second kappa shape index (κ2) is 8.66. The molecule has 0 aliphatic carbocycles. The summed E-state index contributed by atoms with van der Waals surface area (Å²) in [6.07, 6.45) is 1.84. The maximum absolute atomic E-state index is 12.0. The molecule has 27 heavy (non-hydrogen) atoms. The van der Waals surface area contributed by atoms with Crippen LogP contribution >= 0.6 is 0 Å².